The van der Waals surface area contributed by atoms with Crippen molar-refractivity contribution >= 4 is 23.4 Å². The maximum absolute atomic E-state index is 13.9. The molecule has 0 bridgehead atoms. The highest BCUT2D eigenvalue weighted by Gasteiger charge is 2.53. The number of nitrogens with zero attached hydrogens (tertiary/aromatic N) is 4. The van der Waals surface area contributed by atoms with Crippen LogP contribution in [0.1, 0.15) is 102 Å². The molecule has 8 heteroatoms. The number of piperidine rings is 1. The summed E-state index contributed by atoms with van der Waals surface area (Å²) in [6.45, 7) is 9.57. The van der Waals surface area contributed by atoms with Crippen molar-refractivity contribution in [3.8, 4) is 5.69 Å². The van der Waals surface area contributed by atoms with E-state index in [9.17, 15) is 9.59 Å². The molecule has 2 saturated heterocycles. The molecule has 1 aromatic carbocycles. The van der Waals surface area contributed by atoms with Crippen LogP contribution in [0.5, 0.6) is 0 Å². The highest BCUT2D eigenvalue weighted by Crippen LogP contribution is 2.37. The van der Waals surface area contributed by atoms with Crippen molar-refractivity contribution in [2.75, 3.05) is 19.6 Å². The van der Waals surface area contributed by atoms with Gasteiger partial charge in [-0.05, 0) is 68.7 Å². The third-order valence-electron chi connectivity index (χ3n) is 9.82. The van der Waals surface area contributed by atoms with E-state index < -0.39 is 5.54 Å². The number of hydrogen-bond donors (Lipinski definition) is 1. The molecule has 5 rings (SSSR count). The molecule has 3 heterocycles. The van der Waals surface area contributed by atoms with Crippen LogP contribution >= 0.6 is 11.6 Å². The topological polar surface area (TPSA) is 70.5 Å². The summed E-state index contributed by atoms with van der Waals surface area (Å²) in [5, 5.41) is 8.96. The summed E-state index contributed by atoms with van der Waals surface area (Å²) < 4.78 is 2.07. The van der Waals surface area contributed by atoms with Crippen molar-refractivity contribution in [1.82, 2.24) is 24.9 Å². The number of halogens is 1. The fourth-order valence-corrected chi connectivity index (χ4v) is 7.52. The quantitative estimate of drug-likeness (QED) is 0.369. The molecular formula is C33H48ClN5O2. The van der Waals surface area contributed by atoms with Crippen molar-refractivity contribution < 1.29 is 9.59 Å². The molecule has 1 atom stereocenters. The molecule has 1 aromatic heterocycles. The number of piperazine rings is 1. The molecule has 1 spiro atoms. The number of carbonyl (C=O) groups excluding carboxylic acids is 2. The number of carbonyl (C=O) groups is 2. The SMILES string of the molecule is CCCCN1C(=O)C(CC2CCCCC2)NC(=O)C12CCN(Cc1c(CC)nn(-c3ccc(Cl)cc3)c1CC)CC2. The first-order valence-corrected chi connectivity index (χ1v) is 16.5. The molecule has 1 unspecified atom stereocenters. The van der Waals surface area contributed by atoms with E-state index in [2.05, 4.69) is 35.7 Å². The Morgan fingerprint density at radius 3 is 2.34 bits per heavy atom. The summed E-state index contributed by atoms with van der Waals surface area (Å²) in [5.41, 5.74) is 3.94. The number of benzene rings is 1. The highest BCUT2D eigenvalue weighted by atomic mass is 35.5. The molecule has 7 nitrogen and oxygen atoms in total. The van der Waals surface area contributed by atoms with Crippen LogP contribution in [0.15, 0.2) is 24.3 Å². The largest absolute Gasteiger partial charge is 0.342 e. The lowest BCUT2D eigenvalue weighted by Crippen LogP contribution is -2.73. The standard InChI is InChI=1S/C33H48ClN5O2/c1-4-7-19-38-31(40)29(22-24-11-9-8-10-12-24)35-32(41)33(38)17-20-37(21-18-33)23-27-28(5-2)36-39(30(27)6-3)26-15-13-25(34)14-16-26/h13-16,24,29H,4-12,17-23H2,1-3H3,(H,35,41). The minimum atomic E-state index is -0.722. The average Bonchev–Trinajstić information content (AvgIpc) is 3.35. The van der Waals surface area contributed by atoms with Crippen LogP contribution in [-0.4, -0.2) is 62.6 Å². The predicted octanol–water partition coefficient (Wildman–Crippen LogP) is 6.08. The van der Waals surface area contributed by atoms with Gasteiger partial charge in [-0.2, -0.15) is 5.10 Å². The van der Waals surface area contributed by atoms with Gasteiger partial charge in [-0.25, -0.2) is 4.68 Å². The zero-order valence-electron chi connectivity index (χ0n) is 25.3. The van der Waals surface area contributed by atoms with Crippen molar-refractivity contribution in [2.45, 2.75) is 116 Å². The Labute approximate surface area is 251 Å². The Bertz CT molecular complexity index is 1190. The van der Waals surface area contributed by atoms with E-state index in [-0.39, 0.29) is 17.9 Å². The first-order chi connectivity index (χ1) is 19.9. The number of unbranched alkanes of at least 4 members (excludes halogenated alkanes) is 1. The number of nitrogens with one attached hydrogen (secondary N) is 1. The molecule has 2 aliphatic heterocycles. The first-order valence-electron chi connectivity index (χ1n) is 16.1. The second-order valence-corrected chi connectivity index (χ2v) is 12.8. The lowest BCUT2D eigenvalue weighted by atomic mass is 9.79. The molecule has 0 radical (unpaired) electrons. The molecule has 2 amide bonds. The minimum Gasteiger partial charge on any atom is -0.342 e. The van der Waals surface area contributed by atoms with Crippen molar-refractivity contribution in [3.63, 3.8) is 0 Å². The summed E-state index contributed by atoms with van der Waals surface area (Å²) in [4.78, 5) is 32.2. The molecule has 1 aliphatic carbocycles. The Morgan fingerprint density at radius 2 is 1.71 bits per heavy atom. The van der Waals surface area contributed by atoms with E-state index >= 15 is 0 Å². The second kappa shape index (κ2) is 13.3. The zero-order valence-corrected chi connectivity index (χ0v) is 26.0. The normalized spacial score (nSPS) is 22.0. The Hall–Kier alpha value is -2.38. The number of rotatable bonds is 10. The predicted molar refractivity (Wildman–Crippen MR) is 164 cm³/mol. The van der Waals surface area contributed by atoms with Gasteiger partial charge in [0.2, 0.25) is 11.8 Å². The smallest absolute Gasteiger partial charge is 0.246 e. The molecule has 3 aliphatic rings. The number of likely N-dealkylation sites (tertiary alicyclic amines) is 1. The fraction of sp³-hybridized carbons (Fsp3) is 0.667. The molecule has 224 valence electrons. The van der Waals surface area contributed by atoms with Crippen LogP contribution < -0.4 is 5.32 Å². The van der Waals surface area contributed by atoms with Crippen molar-refractivity contribution in [1.29, 1.82) is 0 Å². The van der Waals surface area contributed by atoms with Crippen molar-refractivity contribution in [3.05, 3.63) is 46.2 Å². The number of aryl methyl sites for hydroxylation is 1. The minimum absolute atomic E-state index is 0.0766. The second-order valence-electron chi connectivity index (χ2n) is 12.4. The lowest BCUT2D eigenvalue weighted by Gasteiger charge is -2.52. The zero-order chi connectivity index (χ0) is 29.0. The maximum atomic E-state index is 13.9. The van der Waals surface area contributed by atoms with Gasteiger partial charge in [-0.1, -0.05) is 70.9 Å². The molecule has 1 saturated carbocycles. The molecule has 2 aromatic rings. The van der Waals surface area contributed by atoms with Gasteiger partial charge >= 0.3 is 0 Å². The van der Waals surface area contributed by atoms with Crippen LogP contribution in [0, 0.1) is 5.92 Å². The number of aromatic nitrogens is 2. The van der Waals surface area contributed by atoms with E-state index in [0.717, 1.165) is 68.1 Å². The maximum Gasteiger partial charge on any atom is 0.246 e. The number of hydrogen-bond acceptors (Lipinski definition) is 4. The summed E-state index contributed by atoms with van der Waals surface area (Å²) in [6, 6.07) is 7.51. The molecule has 1 N–H and O–H groups in total. The Balaban J connectivity index is 1.32. The van der Waals surface area contributed by atoms with E-state index in [1.807, 2.05) is 29.2 Å². The molecular weight excluding hydrogens is 534 g/mol. The summed E-state index contributed by atoms with van der Waals surface area (Å²) >= 11 is 6.15. The highest BCUT2D eigenvalue weighted by molar-refractivity contribution is 6.30. The van der Waals surface area contributed by atoms with E-state index in [1.54, 1.807) is 0 Å². The third kappa shape index (κ3) is 6.22. The lowest BCUT2D eigenvalue weighted by molar-refractivity contribution is -0.162. The molecule has 41 heavy (non-hydrogen) atoms. The van der Waals surface area contributed by atoms with Crippen LogP contribution in [0.4, 0.5) is 0 Å². The van der Waals surface area contributed by atoms with Gasteiger partial charge in [0.25, 0.3) is 0 Å². The third-order valence-corrected chi connectivity index (χ3v) is 10.1. The fourth-order valence-electron chi connectivity index (χ4n) is 7.40. The summed E-state index contributed by atoms with van der Waals surface area (Å²) in [7, 11) is 0. The summed E-state index contributed by atoms with van der Waals surface area (Å²) in [6.07, 6.45) is 12.0. The van der Waals surface area contributed by atoms with Gasteiger partial charge in [-0.3, -0.25) is 14.5 Å². The first kappa shape index (κ1) is 30.1. The van der Waals surface area contributed by atoms with E-state index in [1.165, 1.54) is 43.4 Å². The van der Waals surface area contributed by atoms with Crippen LogP contribution in [0.25, 0.3) is 5.69 Å². The average molecular weight is 582 g/mol. The van der Waals surface area contributed by atoms with Gasteiger partial charge in [-0.15, -0.1) is 0 Å². The Kier molecular flexibility index (Phi) is 9.75. The van der Waals surface area contributed by atoms with Crippen LogP contribution in [0.3, 0.4) is 0 Å². The Morgan fingerprint density at radius 1 is 1.00 bits per heavy atom. The van der Waals surface area contributed by atoms with Gasteiger partial charge in [0.15, 0.2) is 0 Å². The van der Waals surface area contributed by atoms with Gasteiger partial charge in [0.1, 0.15) is 11.6 Å². The number of amides is 2. The van der Waals surface area contributed by atoms with Gasteiger partial charge in [0.05, 0.1) is 11.4 Å². The van der Waals surface area contributed by atoms with Crippen LogP contribution in [0.2, 0.25) is 5.02 Å². The molecule has 3 fully saturated rings. The van der Waals surface area contributed by atoms with Gasteiger partial charge in [0, 0.05) is 42.5 Å². The van der Waals surface area contributed by atoms with Gasteiger partial charge < -0.3 is 10.2 Å². The van der Waals surface area contributed by atoms with Crippen LogP contribution in [-0.2, 0) is 29.0 Å². The monoisotopic (exact) mass is 581 g/mol. The van der Waals surface area contributed by atoms with E-state index in [4.69, 9.17) is 16.7 Å². The van der Waals surface area contributed by atoms with Crippen molar-refractivity contribution in [2.24, 2.45) is 5.92 Å². The summed E-state index contributed by atoms with van der Waals surface area (Å²) in [5.74, 6) is 0.784. The van der Waals surface area contributed by atoms with E-state index in [0.29, 0.717) is 25.3 Å².